The van der Waals surface area contributed by atoms with Crippen LogP contribution < -0.4 is 0 Å². The van der Waals surface area contributed by atoms with Crippen molar-refractivity contribution >= 4 is 5.97 Å². The van der Waals surface area contributed by atoms with Crippen LogP contribution in [0.15, 0.2) is 0 Å². The van der Waals surface area contributed by atoms with Gasteiger partial charge in [-0.15, -0.1) is 0 Å². The van der Waals surface area contributed by atoms with Gasteiger partial charge in [0.2, 0.25) is 0 Å². The molecule has 1 unspecified atom stereocenters. The molecular formula is C15H28O4. The van der Waals surface area contributed by atoms with Gasteiger partial charge in [-0.1, -0.05) is 32.6 Å². The second-order valence-electron chi connectivity index (χ2n) is 5.49. The molecule has 0 spiro atoms. The Kier molecular flexibility index (Phi) is 8.84. The van der Waals surface area contributed by atoms with E-state index in [-0.39, 0.29) is 12.7 Å². The molecule has 0 aromatic rings. The Morgan fingerprint density at radius 3 is 2.53 bits per heavy atom. The van der Waals surface area contributed by atoms with E-state index in [1.54, 1.807) is 0 Å². The van der Waals surface area contributed by atoms with E-state index in [9.17, 15) is 9.90 Å². The molecule has 0 saturated heterocycles. The SMILES string of the molecule is CCCOCOCCC(CCC1CCCC1)C(=O)O. The topological polar surface area (TPSA) is 55.8 Å². The lowest BCUT2D eigenvalue weighted by Gasteiger charge is -2.15. The Morgan fingerprint density at radius 1 is 1.21 bits per heavy atom. The first-order valence-electron chi connectivity index (χ1n) is 7.62. The van der Waals surface area contributed by atoms with Crippen LogP contribution in [0.25, 0.3) is 0 Å². The van der Waals surface area contributed by atoms with E-state index in [1.807, 2.05) is 6.92 Å². The molecule has 0 aromatic carbocycles. The van der Waals surface area contributed by atoms with E-state index >= 15 is 0 Å². The second-order valence-corrected chi connectivity index (χ2v) is 5.49. The molecule has 4 heteroatoms. The zero-order valence-corrected chi connectivity index (χ0v) is 12.1. The summed E-state index contributed by atoms with van der Waals surface area (Å²) >= 11 is 0. The molecule has 1 aliphatic carbocycles. The summed E-state index contributed by atoms with van der Waals surface area (Å²) in [6, 6.07) is 0. The molecule has 1 saturated carbocycles. The quantitative estimate of drug-likeness (QED) is 0.462. The minimum absolute atomic E-state index is 0.258. The molecule has 0 aliphatic heterocycles. The van der Waals surface area contributed by atoms with Crippen LogP contribution in [0.3, 0.4) is 0 Å². The third-order valence-corrected chi connectivity index (χ3v) is 3.87. The van der Waals surface area contributed by atoms with Crippen LogP contribution in [0.4, 0.5) is 0 Å². The average molecular weight is 272 g/mol. The zero-order valence-electron chi connectivity index (χ0n) is 12.1. The van der Waals surface area contributed by atoms with Gasteiger partial charge in [-0.25, -0.2) is 0 Å². The van der Waals surface area contributed by atoms with Gasteiger partial charge in [-0.05, 0) is 31.6 Å². The normalized spacial score (nSPS) is 17.7. The van der Waals surface area contributed by atoms with Crippen molar-refractivity contribution in [1.82, 2.24) is 0 Å². The summed E-state index contributed by atoms with van der Waals surface area (Å²) in [6.45, 7) is 3.50. The van der Waals surface area contributed by atoms with Crippen molar-refractivity contribution in [3.05, 3.63) is 0 Å². The van der Waals surface area contributed by atoms with Crippen molar-refractivity contribution in [1.29, 1.82) is 0 Å². The van der Waals surface area contributed by atoms with E-state index in [2.05, 4.69) is 0 Å². The number of hydrogen-bond acceptors (Lipinski definition) is 3. The van der Waals surface area contributed by atoms with Gasteiger partial charge < -0.3 is 14.6 Å². The molecule has 0 aromatic heterocycles. The van der Waals surface area contributed by atoms with Crippen LogP contribution >= 0.6 is 0 Å². The van der Waals surface area contributed by atoms with Crippen LogP contribution in [0.1, 0.15) is 58.3 Å². The van der Waals surface area contributed by atoms with Gasteiger partial charge in [0.05, 0.1) is 12.5 Å². The summed E-state index contributed by atoms with van der Waals surface area (Å²) in [4.78, 5) is 11.2. The first-order chi connectivity index (χ1) is 9.24. The van der Waals surface area contributed by atoms with Gasteiger partial charge in [-0.2, -0.15) is 0 Å². The second kappa shape index (κ2) is 10.2. The highest BCUT2D eigenvalue weighted by Gasteiger charge is 2.21. The Labute approximate surface area is 116 Å². The Hall–Kier alpha value is -0.610. The highest BCUT2D eigenvalue weighted by atomic mass is 16.7. The molecule has 0 heterocycles. The molecule has 1 atom stereocenters. The molecule has 0 radical (unpaired) electrons. The van der Waals surface area contributed by atoms with Crippen molar-refractivity contribution in [2.24, 2.45) is 11.8 Å². The molecule has 1 aliphatic rings. The van der Waals surface area contributed by atoms with Crippen LogP contribution in [0.5, 0.6) is 0 Å². The standard InChI is InChI=1S/C15H28O4/c1-2-10-18-12-19-11-9-14(15(16)17)8-7-13-5-3-4-6-13/h13-14H,2-12H2,1H3,(H,16,17). The number of rotatable bonds is 11. The first kappa shape index (κ1) is 16.4. The highest BCUT2D eigenvalue weighted by molar-refractivity contribution is 5.69. The predicted molar refractivity (Wildman–Crippen MR) is 74.0 cm³/mol. The predicted octanol–water partition coefficient (Wildman–Crippen LogP) is 3.45. The summed E-state index contributed by atoms with van der Waals surface area (Å²) in [7, 11) is 0. The van der Waals surface area contributed by atoms with Crippen LogP contribution in [0, 0.1) is 11.8 Å². The summed E-state index contributed by atoms with van der Waals surface area (Å²) in [5, 5.41) is 9.20. The molecular weight excluding hydrogens is 244 g/mol. The van der Waals surface area contributed by atoms with Crippen LogP contribution in [0.2, 0.25) is 0 Å². The number of carboxylic acids is 1. The lowest BCUT2D eigenvalue weighted by atomic mass is 9.93. The van der Waals surface area contributed by atoms with Gasteiger partial charge in [0.1, 0.15) is 6.79 Å². The monoisotopic (exact) mass is 272 g/mol. The summed E-state index contributed by atoms with van der Waals surface area (Å²) in [6.07, 6.45) is 8.63. The van der Waals surface area contributed by atoms with E-state index in [4.69, 9.17) is 9.47 Å². The van der Waals surface area contributed by atoms with Crippen LogP contribution in [-0.2, 0) is 14.3 Å². The van der Waals surface area contributed by atoms with Crippen LogP contribution in [-0.4, -0.2) is 31.1 Å². The van der Waals surface area contributed by atoms with Gasteiger partial charge in [0, 0.05) is 6.61 Å². The Balaban J connectivity index is 2.08. The molecule has 4 nitrogen and oxygen atoms in total. The minimum Gasteiger partial charge on any atom is -0.481 e. The van der Waals surface area contributed by atoms with E-state index in [1.165, 1.54) is 25.7 Å². The van der Waals surface area contributed by atoms with Gasteiger partial charge in [-0.3, -0.25) is 4.79 Å². The lowest BCUT2D eigenvalue weighted by Crippen LogP contribution is -2.17. The van der Waals surface area contributed by atoms with Crippen molar-refractivity contribution in [2.75, 3.05) is 20.0 Å². The smallest absolute Gasteiger partial charge is 0.306 e. The summed E-state index contributed by atoms with van der Waals surface area (Å²) in [5.74, 6) is -0.182. The number of carbonyl (C=O) groups is 1. The zero-order chi connectivity index (χ0) is 13.9. The molecule has 1 rings (SSSR count). The maximum atomic E-state index is 11.2. The van der Waals surface area contributed by atoms with Gasteiger partial charge >= 0.3 is 5.97 Å². The van der Waals surface area contributed by atoms with Crippen molar-refractivity contribution in [3.8, 4) is 0 Å². The molecule has 0 amide bonds. The Morgan fingerprint density at radius 2 is 1.89 bits per heavy atom. The third-order valence-electron chi connectivity index (χ3n) is 3.87. The average Bonchev–Trinajstić information content (AvgIpc) is 2.89. The lowest BCUT2D eigenvalue weighted by molar-refractivity contribution is -0.143. The van der Waals surface area contributed by atoms with E-state index in [0.717, 1.165) is 25.2 Å². The molecule has 1 fully saturated rings. The van der Waals surface area contributed by atoms with Crippen molar-refractivity contribution in [2.45, 2.75) is 58.3 Å². The fraction of sp³-hybridized carbons (Fsp3) is 0.933. The maximum Gasteiger partial charge on any atom is 0.306 e. The molecule has 0 bridgehead atoms. The number of hydrogen-bond donors (Lipinski definition) is 1. The van der Waals surface area contributed by atoms with E-state index in [0.29, 0.717) is 19.6 Å². The van der Waals surface area contributed by atoms with Crippen molar-refractivity contribution in [3.63, 3.8) is 0 Å². The number of aliphatic carboxylic acids is 1. The molecule has 19 heavy (non-hydrogen) atoms. The van der Waals surface area contributed by atoms with Gasteiger partial charge in [0.15, 0.2) is 0 Å². The minimum atomic E-state index is -0.684. The Bertz CT molecular complexity index is 236. The fourth-order valence-electron chi connectivity index (χ4n) is 2.67. The number of ether oxygens (including phenoxy) is 2. The first-order valence-corrected chi connectivity index (χ1v) is 7.62. The summed E-state index contributed by atoms with van der Waals surface area (Å²) in [5.41, 5.74) is 0. The third kappa shape index (κ3) is 7.53. The summed E-state index contributed by atoms with van der Waals surface area (Å²) < 4.78 is 10.5. The van der Waals surface area contributed by atoms with Gasteiger partial charge in [0.25, 0.3) is 0 Å². The maximum absolute atomic E-state index is 11.2. The molecule has 1 N–H and O–H groups in total. The molecule has 112 valence electrons. The van der Waals surface area contributed by atoms with E-state index < -0.39 is 5.97 Å². The largest absolute Gasteiger partial charge is 0.481 e. The van der Waals surface area contributed by atoms with Crippen molar-refractivity contribution < 1.29 is 19.4 Å². The highest BCUT2D eigenvalue weighted by Crippen LogP contribution is 2.30. The fourth-order valence-corrected chi connectivity index (χ4v) is 2.67. The number of carboxylic acid groups (broad SMARTS) is 1.